The number of nitrogens with one attached hydrogen (secondary N) is 2. The zero-order chi connectivity index (χ0) is 15.1. The van der Waals surface area contributed by atoms with E-state index in [0.29, 0.717) is 21.7 Å². The Balaban J connectivity index is 1.65. The summed E-state index contributed by atoms with van der Waals surface area (Å²) in [6, 6.07) is 5.48. The van der Waals surface area contributed by atoms with Crippen LogP contribution in [0, 0.1) is 0 Å². The lowest BCUT2D eigenvalue weighted by molar-refractivity contribution is 0.232. The van der Waals surface area contributed by atoms with E-state index in [0.717, 1.165) is 18.7 Å². The second-order valence-electron chi connectivity index (χ2n) is 5.25. The number of hydrogen-bond acceptors (Lipinski definition) is 2. The molecule has 0 spiro atoms. The van der Waals surface area contributed by atoms with Gasteiger partial charge in [0.15, 0.2) is 5.11 Å². The lowest BCUT2D eigenvalue weighted by atomic mass is 10.1. The van der Waals surface area contributed by atoms with Crippen molar-refractivity contribution in [2.24, 2.45) is 0 Å². The van der Waals surface area contributed by atoms with E-state index < -0.39 is 0 Å². The molecule has 0 bridgehead atoms. The Bertz CT molecular complexity index is 476. The zero-order valence-electron chi connectivity index (χ0n) is 12.0. The van der Waals surface area contributed by atoms with Crippen LogP contribution in [0.2, 0.25) is 10.0 Å². The predicted octanol–water partition coefficient (Wildman–Crippen LogP) is 3.44. The van der Waals surface area contributed by atoms with Crippen LogP contribution < -0.4 is 10.6 Å². The molecule has 2 rings (SSSR count). The van der Waals surface area contributed by atoms with Gasteiger partial charge in [-0.15, -0.1) is 0 Å². The number of nitrogens with zero attached hydrogens (tertiary/aromatic N) is 1. The molecule has 0 radical (unpaired) electrons. The Hall–Kier alpha value is -0.550. The third-order valence-corrected chi connectivity index (χ3v) is 4.49. The van der Waals surface area contributed by atoms with Crippen LogP contribution in [0.1, 0.15) is 24.8 Å². The number of benzene rings is 1. The summed E-state index contributed by atoms with van der Waals surface area (Å²) in [4.78, 5) is 2.48. The van der Waals surface area contributed by atoms with Crippen LogP contribution in [0.15, 0.2) is 18.2 Å². The maximum Gasteiger partial charge on any atom is 0.166 e. The van der Waals surface area contributed by atoms with Crippen LogP contribution >= 0.6 is 35.4 Å². The molecule has 1 aromatic carbocycles. The number of piperidine rings is 1. The van der Waals surface area contributed by atoms with Gasteiger partial charge in [-0.1, -0.05) is 35.7 Å². The zero-order valence-corrected chi connectivity index (χ0v) is 14.3. The molecule has 0 amide bonds. The highest BCUT2D eigenvalue weighted by Gasteiger charge is 2.09. The third-order valence-electron chi connectivity index (χ3n) is 3.62. The normalized spacial score (nSPS) is 15.7. The van der Waals surface area contributed by atoms with Crippen molar-refractivity contribution in [3.8, 4) is 0 Å². The fourth-order valence-corrected chi connectivity index (χ4v) is 3.06. The maximum atomic E-state index is 6.12. The first-order valence-electron chi connectivity index (χ1n) is 7.33. The first kappa shape index (κ1) is 16.8. The summed E-state index contributed by atoms with van der Waals surface area (Å²) in [7, 11) is 0. The van der Waals surface area contributed by atoms with Crippen LogP contribution in [0.3, 0.4) is 0 Å². The summed E-state index contributed by atoms with van der Waals surface area (Å²) in [5.41, 5.74) is 0.987. The van der Waals surface area contributed by atoms with Crippen LogP contribution in [-0.2, 0) is 6.54 Å². The second-order valence-corrected chi connectivity index (χ2v) is 6.50. The van der Waals surface area contributed by atoms with Crippen LogP contribution in [-0.4, -0.2) is 36.2 Å². The lowest BCUT2D eigenvalue weighted by Gasteiger charge is -2.26. The number of likely N-dealkylation sites (tertiary alicyclic amines) is 1. The molecule has 0 aliphatic carbocycles. The standard InChI is InChI=1S/C15H21Cl2N3S/c16-13-5-4-12(14(17)10-13)11-19-15(21)18-6-9-20-7-2-1-3-8-20/h4-5,10H,1-3,6-9,11H2,(H2,18,19,21). The van der Waals surface area contributed by atoms with Gasteiger partial charge in [-0.05, 0) is 55.8 Å². The van der Waals surface area contributed by atoms with Crippen LogP contribution in [0.4, 0.5) is 0 Å². The number of thiocarbonyl (C=S) groups is 1. The molecule has 0 saturated carbocycles. The number of rotatable bonds is 5. The fraction of sp³-hybridized carbons (Fsp3) is 0.533. The van der Waals surface area contributed by atoms with Gasteiger partial charge in [-0.2, -0.15) is 0 Å². The van der Waals surface area contributed by atoms with Gasteiger partial charge in [0.2, 0.25) is 0 Å². The second kappa shape index (κ2) is 8.79. The van der Waals surface area contributed by atoms with Gasteiger partial charge >= 0.3 is 0 Å². The molecule has 0 unspecified atom stereocenters. The van der Waals surface area contributed by atoms with E-state index in [9.17, 15) is 0 Å². The van der Waals surface area contributed by atoms with Crippen molar-refractivity contribution in [2.75, 3.05) is 26.2 Å². The van der Waals surface area contributed by atoms with Crippen molar-refractivity contribution in [1.29, 1.82) is 0 Å². The maximum absolute atomic E-state index is 6.12. The first-order valence-corrected chi connectivity index (χ1v) is 8.49. The minimum absolute atomic E-state index is 0.603. The summed E-state index contributed by atoms with van der Waals surface area (Å²) >= 11 is 17.3. The molecule has 0 aromatic heterocycles. The van der Waals surface area contributed by atoms with Crippen molar-refractivity contribution >= 4 is 40.5 Å². The van der Waals surface area contributed by atoms with Gasteiger partial charge in [-0.25, -0.2) is 0 Å². The molecule has 3 nitrogen and oxygen atoms in total. The average molecular weight is 346 g/mol. The summed E-state index contributed by atoms with van der Waals surface area (Å²) in [6.07, 6.45) is 4.00. The molecule has 1 aliphatic rings. The Morgan fingerprint density at radius 1 is 1.14 bits per heavy atom. The summed E-state index contributed by atoms with van der Waals surface area (Å²) in [6.45, 7) is 4.94. The van der Waals surface area contributed by atoms with Crippen molar-refractivity contribution in [3.63, 3.8) is 0 Å². The third kappa shape index (κ3) is 5.99. The van der Waals surface area contributed by atoms with Gasteiger partial charge in [0.05, 0.1) is 0 Å². The van der Waals surface area contributed by atoms with Gasteiger partial charge < -0.3 is 15.5 Å². The molecule has 2 N–H and O–H groups in total. The van der Waals surface area contributed by atoms with Crippen molar-refractivity contribution < 1.29 is 0 Å². The number of hydrogen-bond donors (Lipinski definition) is 2. The van der Waals surface area contributed by atoms with E-state index in [2.05, 4.69) is 15.5 Å². The topological polar surface area (TPSA) is 27.3 Å². The Morgan fingerprint density at radius 2 is 1.90 bits per heavy atom. The van der Waals surface area contributed by atoms with Crippen molar-refractivity contribution in [2.45, 2.75) is 25.8 Å². The monoisotopic (exact) mass is 345 g/mol. The van der Waals surface area contributed by atoms with Crippen molar-refractivity contribution in [1.82, 2.24) is 15.5 Å². The number of halogens is 2. The first-order chi connectivity index (χ1) is 10.1. The Kier molecular flexibility index (Phi) is 7.04. The van der Waals surface area contributed by atoms with E-state index in [1.807, 2.05) is 12.1 Å². The molecule has 1 aliphatic heterocycles. The summed E-state index contributed by atoms with van der Waals surface area (Å²) in [5, 5.41) is 8.38. The molecule has 21 heavy (non-hydrogen) atoms. The van der Waals surface area contributed by atoms with Crippen molar-refractivity contribution in [3.05, 3.63) is 33.8 Å². The van der Waals surface area contributed by atoms with E-state index >= 15 is 0 Å². The molecule has 116 valence electrons. The highest BCUT2D eigenvalue weighted by atomic mass is 35.5. The molecule has 0 atom stereocenters. The van der Waals surface area contributed by atoms with Gasteiger partial charge in [0.1, 0.15) is 0 Å². The SMILES string of the molecule is S=C(NCCN1CCCCC1)NCc1ccc(Cl)cc1Cl. The van der Waals surface area contributed by atoms with Gasteiger partial charge in [0.25, 0.3) is 0 Å². The molecule has 6 heteroatoms. The quantitative estimate of drug-likeness (QED) is 0.799. The van der Waals surface area contributed by atoms with Crippen LogP contribution in [0.25, 0.3) is 0 Å². The van der Waals surface area contributed by atoms with E-state index in [1.54, 1.807) is 6.07 Å². The predicted molar refractivity (Wildman–Crippen MR) is 94.2 cm³/mol. The summed E-state index contributed by atoms with van der Waals surface area (Å²) < 4.78 is 0. The van der Waals surface area contributed by atoms with E-state index in [-0.39, 0.29) is 0 Å². The minimum Gasteiger partial charge on any atom is -0.361 e. The molecule has 1 fully saturated rings. The van der Waals surface area contributed by atoms with Gasteiger partial charge in [0, 0.05) is 29.7 Å². The molecule has 1 heterocycles. The molecule has 1 aromatic rings. The fourth-order valence-electron chi connectivity index (χ4n) is 2.41. The van der Waals surface area contributed by atoms with Crippen LogP contribution in [0.5, 0.6) is 0 Å². The highest BCUT2D eigenvalue weighted by Crippen LogP contribution is 2.20. The Morgan fingerprint density at radius 3 is 2.62 bits per heavy atom. The smallest absolute Gasteiger partial charge is 0.166 e. The van der Waals surface area contributed by atoms with E-state index in [4.69, 9.17) is 35.4 Å². The molecular formula is C15H21Cl2N3S. The highest BCUT2D eigenvalue weighted by molar-refractivity contribution is 7.80. The molecule has 1 saturated heterocycles. The Labute approximate surface area is 142 Å². The lowest BCUT2D eigenvalue weighted by Crippen LogP contribution is -2.41. The summed E-state index contributed by atoms with van der Waals surface area (Å²) in [5.74, 6) is 0. The van der Waals surface area contributed by atoms with E-state index in [1.165, 1.54) is 32.4 Å². The average Bonchev–Trinajstić information content (AvgIpc) is 2.47. The largest absolute Gasteiger partial charge is 0.361 e. The minimum atomic E-state index is 0.603. The van der Waals surface area contributed by atoms with Gasteiger partial charge in [-0.3, -0.25) is 0 Å². The molecular weight excluding hydrogens is 325 g/mol.